The second kappa shape index (κ2) is 6.85. The van der Waals surface area contributed by atoms with Gasteiger partial charge in [0.15, 0.2) is 0 Å². The van der Waals surface area contributed by atoms with Gasteiger partial charge in [0.05, 0.1) is 6.04 Å². The minimum atomic E-state index is 0.102. The molecule has 0 radical (unpaired) electrons. The highest BCUT2D eigenvalue weighted by Gasteiger charge is 2.13. The standard InChI is InChI=1S/C15H19N3O/c1-2-8-16-14(15-17-9-3-10-18-15)11-12-4-6-13(19)7-5-12/h3-7,9-10,14,16,19H,2,8,11H2,1H3. The molecule has 0 fully saturated rings. The van der Waals surface area contributed by atoms with Gasteiger partial charge in [0.25, 0.3) is 0 Å². The van der Waals surface area contributed by atoms with Crippen LogP contribution in [0.4, 0.5) is 0 Å². The van der Waals surface area contributed by atoms with Gasteiger partial charge in [-0.25, -0.2) is 9.97 Å². The molecule has 1 heterocycles. The van der Waals surface area contributed by atoms with Gasteiger partial charge in [-0.2, -0.15) is 0 Å². The Bertz CT molecular complexity index is 485. The lowest BCUT2D eigenvalue weighted by Crippen LogP contribution is -2.25. The lowest BCUT2D eigenvalue weighted by Gasteiger charge is -2.17. The van der Waals surface area contributed by atoms with Crippen LogP contribution >= 0.6 is 0 Å². The Balaban J connectivity index is 2.11. The smallest absolute Gasteiger partial charge is 0.145 e. The Kier molecular flexibility index (Phi) is 4.86. The van der Waals surface area contributed by atoms with Crippen LogP contribution in [0.5, 0.6) is 5.75 Å². The third kappa shape index (κ3) is 4.03. The first kappa shape index (κ1) is 13.5. The molecule has 0 aliphatic rings. The molecule has 1 unspecified atom stereocenters. The first-order valence-corrected chi connectivity index (χ1v) is 6.58. The van der Waals surface area contributed by atoms with Crippen molar-refractivity contribution in [1.82, 2.24) is 15.3 Å². The van der Waals surface area contributed by atoms with Crippen molar-refractivity contribution in [1.29, 1.82) is 0 Å². The number of aromatic nitrogens is 2. The molecule has 1 aromatic heterocycles. The molecule has 0 amide bonds. The molecule has 1 aromatic carbocycles. The van der Waals surface area contributed by atoms with Gasteiger partial charge in [-0.3, -0.25) is 0 Å². The molecule has 1 atom stereocenters. The van der Waals surface area contributed by atoms with Crippen molar-refractivity contribution >= 4 is 0 Å². The Labute approximate surface area is 113 Å². The van der Waals surface area contributed by atoms with Crippen molar-refractivity contribution in [2.75, 3.05) is 6.54 Å². The summed E-state index contributed by atoms with van der Waals surface area (Å²) in [4.78, 5) is 8.65. The summed E-state index contributed by atoms with van der Waals surface area (Å²) in [5, 5.41) is 12.8. The summed E-state index contributed by atoms with van der Waals surface area (Å²) in [5.74, 6) is 1.10. The van der Waals surface area contributed by atoms with Crippen molar-refractivity contribution in [3.63, 3.8) is 0 Å². The molecule has 0 saturated heterocycles. The molecule has 2 rings (SSSR count). The van der Waals surface area contributed by atoms with Gasteiger partial charge in [-0.1, -0.05) is 19.1 Å². The number of phenolic OH excluding ortho intramolecular Hbond substituents is 1. The molecular formula is C15H19N3O. The predicted octanol–water partition coefficient (Wildman–Crippen LogP) is 2.47. The van der Waals surface area contributed by atoms with E-state index in [4.69, 9.17) is 0 Å². The zero-order valence-electron chi connectivity index (χ0n) is 11.1. The minimum absolute atomic E-state index is 0.102. The highest BCUT2D eigenvalue weighted by atomic mass is 16.3. The topological polar surface area (TPSA) is 58.0 Å². The summed E-state index contributed by atoms with van der Waals surface area (Å²) in [6.45, 7) is 3.07. The van der Waals surface area contributed by atoms with E-state index in [-0.39, 0.29) is 11.8 Å². The van der Waals surface area contributed by atoms with Gasteiger partial charge in [-0.15, -0.1) is 0 Å². The SMILES string of the molecule is CCCNC(Cc1ccc(O)cc1)c1ncccn1. The fourth-order valence-corrected chi connectivity index (χ4v) is 1.93. The third-order valence-electron chi connectivity index (χ3n) is 2.91. The number of nitrogens with zero attached hydrogens (tertiary/aromatic N) is 2. The lowest BCUT2D eigenvalue weighted by atomic mass is 10.0. The highest BCUT2D eigenvalue weighted by Crippen LogP contribution is 2.17. The van der Waals surface area contributed by atoms with Crippen LogP contribution in [0.3, 0.4) is 0 Å². The van der Waals surface area contributed by atoms with Gasteiger partial charge >= 0.3 is 0 Å². The van der Waals surface area contributed by atoms with Crippen LogP contribution in [-0.4, -0.2) is 21.6 Å². The van der Waals surface area contributed by atoms with E-state index in [1.54, 1.807) is 24.5 Å². The van der Waals surface area contributed by atoms with Gasteiger partial charge in [0.2, 0.25) is 0 Å². The van der Waals surface area contributed by atoms with Gasteiger partial charge in [0, 0.05) is 12.4 Å². The number of nitrogens with one attached hydrogen (secondary N) is 1. The van der Waals surface area contributed by atoms with Crippen LogP contribution in [-0.2, 0) is 6.42 Å². The minimum Gasteiger partial charge on any atom is -0.508 e. The Morgan fingerprint density at radius 1 is 1.16 bits per heavy atom. The fourth-order valence-electron chi connectivity index (χ4n) is 1.93. The number of benzene rings is 1. The Hall–Kier alpha value is -1.94. The average molecular weight is 257 g/mol. The van der Waals surface area contributed by atoms with Crippen molar-refractivity contribution in [2.24, 2.45) is 0 Å². The molecule has 100 valence electrons. The summed E-state index contributed by atoms with van der Waals surface area (Å²) >= 11 is 0. The van der Waals surface area contributed by atoms with Gasteiger partial charge in [0.1, 0.15) is 11.6 Å². The fraction of sp³-hybridized carbons (Fsp3) is 0.333. The van der Waals surface area contributed by atoms with E-state index in [9.17, 15) is 5.11 Å². The lowest BCUT2D eigenvalue weighted by molar-refractivity contribution is 0.474. The summed E-state index contributed by atoms with van der Waals surface area (Å²) < 4.78 is 0. The third-order valence-corrected chi connectivity index (χ3v) is 2.91. The normalized spacial score (nSPS) is 12.3. The zero-order valence-corrected chi connectivity index (χ0v) is 11.1. The van der Waals surface area contributed by atoms with Crippen molar-refractivity contribution in [2.45, 2.75) is 25.8 Å². The first-order valence-electron chi connectivity index (χ1n) is 6.58. The summed E-state index contributed by atoms with van der Waals surface area (Å²) in [6.07, 6.45) is 5.41. The van der Waals surface area contributed by atoms with Crippen LogP contribution in [0.2, 0.25) is 0 Å². The molecule has 0 bridgehead atoms. The van der Waals surface area contributed by atoms with E-state index in [1.165, 1.54) is 0 Å². The molecule has 0 saturated carbocycles. The number of phenols is 1. The number of rotatable bonds is 6. The van der Waals surface area contributed by atoms with E-state index < -0.39 is 0 Å². The van der Waals surface area contributed by atoms with Gasteiger partial charge in [-0.05, 0) is 43.1 Å². The van der Waals surface area contributed by atoms with Gasteiger partial charge < -0.3 is 10.4 Å². The summed E-state index contributed by atoms with van der Waals surface area (Å²) in [5.41, 5.74) is 1.15. The van der Waals surface area contributed by atoms with E-state index >= 15 is 0 Å². The maximum atomic E-state index is 9.31. The van der Waals surface area contributed by atoms with E-state index in [2.05, 4.69) is 22.2 Å². The van der Waals surface area contributed by atoms with E-state index in [0.717, 1.165) is 30.8 Å². The maximum Gasteiger partial charge on any atom is 0.145 e. The van der Waals surface area contributed by atoms with Crippen molar-refractivity contribution in [3.8, 4) is 5.75 Å². The second-order valence-corrected chi connectivity index (χ2v) is 4.48. The molecule has 4 nitrogen and oxygen atoms in total. The number of hydrogen-bond acceptors (Lipinski definition) is 4. The second-order valence-electron chi connectivity index (χ2n) is 4.48. The van der Waals surface area contributed by atoms with Crippen LogP contribution in [0, 0.1) is 0 Å². The Morgan fingerprint density at radius 3 is 2.47 bits per heavy atom. The van der Waals surface area contributed by atoms with E-state index in [1.807, 2.05) is 18.2 Å². The molecule has 0 aliphatic heterocycles. The molecular weight excluding hydrogens is 238 g/mol. The molecule has 4 heteroatoms. The highest BCUT2D eigenvalue weighted by molar-refractivity contribution is 5.26. The zero-order chi connectivity index (χ0) is 13.5. The average Bonchev–Trinajstić information content (AvgIpc) is 2.46. The quantitative estimate of drug-likeness (QED) is 0.834. The van der Waals surface area contributed by atoms with E-state index in [0.29, 0.717) is 0 Å². The van der Waals surface area contributed by atoms with Crippen LogP contribution in [0.25, 0.3) is 0 Å². The number of aromatic hydroxyl groups is 1. The molecule has 2 aromatic rings. The summed E-state index contributed by atoms with van der Waals surface area (Å²) in [7, 11) is 0. The van der Waals surface area contributed by atoms with Crippen LogP contribution in [0.1, 0.15) is 30.8 Å². The molecule has 0 aliphatic carbocycles. The van der Waals surface area contributed by atoms with Crippen LogP contribution < -0.4 is 5.32 Å². The van der Waals surface area contributed by atoms with Crippen molar-refractivity contribution < 1.29 is 5.11 Å². The monoisotopic (exact) mass is 257 g/mol. The number of hydrogen-bond donors (Lipinski definition) is 2. The molecule has 2 N–H and O–H groups in total. The Morgan fingerprint density at radius 2 is 1.84 bits per heavy atom. The van der Waals surface area contributed by atoms with Crippen molar-refractivity contribution in [3.05, 3.63) is 54.1 Å². The first-order chi connectivity index (χ1) is 9.29. The largest absolute Gasteiger partial charge is 0.508 e. The summed E-state index contributed by atoms with van der Waals surface area (Å²) in [6, 6.07) is 9.19. The molecule has 19 heavy (non-hydrogen) atoms. The molecule has 0 spiro atoms. The van der Waals surface area contributed by atoms with Crippen LogP contribution in [0.15, 0.2) is 42.7 Å². The maximum absolute atomic E-state index is 9.31. The predicted molar refractivity (Wildman–Crippen MR) is 74.9 cm³/mol.